The average Bonchev–Trinajstić information content (AvgIpc) is 2.14. The Morgan fingerprint density at radius 2 is 2.13 bits per heavy atom. The number of nitriles is 1. The molecule has 1 rings (SSSR count). The Bertz CT molecular complexity index is 393. The zero-order valence-corrected chi connectivity index (χ0v) is 9.93. The third kappa shape index (κ3) is 3.14. The maximum absolute atomic E-state index is 8.94. The van der Waals surface area contributed by atoms with Crippen LogP contribution in [0.15, 0.2) is 12.1 Å². The minimum atomic E-state index is 0.437. The molecule has 0 aliphatic heterocycles. The molecule has 0 atom stereocenters. The van der Waals surface area contributed by atoms with E-state index in [-0.39, 0.29) is 0 Å². The van der Waals surface area contributed by atoms with Gasteiger partial charge < -0.3 is 4.74 Å². The predicted molar refractivity (Wildman–Crippen MR) is 61.2 cm³/mol. The maximum atomic E-state index is 8.94. The van der Waals surface area contributed by atoms with Gasteiger partial charge >= 0.3 is 0 Å². The van der Waals surface area contributed by atoms with Crippen molar-refractivity contribution in [3.05, 3.63) is 28.3 Å². The summed E-state index contributed by atoms with van der Waals surface area (Å²) in [6, 6.07) is 5.52. The molecule has 0 aliphatic rings. The molecular formula is C12H14ClNO. The van der Waals surface area contributed by atoms with Crippen molar-refractivity contribution in [2.75, 3.05) is 6.61 Å². The number of hydrogen-bond acceptors (Lipinski definition) is 2. The van der Waals surface area contributed by atoms with Crippen molar-refractivity contribution in [1.29, 1.82) is 5.26 Å². The summed E-state index contributed by atoms with van der Waals surface area (Å²) in [5.74, 6) is 1.09. The largest absolute Gasteiger partial charge is 0.492 e. The van der Waals surface area contributed by atoms with E-state index in [1.807, 2.05) is 6.92 Å². The minimum Gasteiger partial charge on any atom is -0.492 e. The molecule has 0 bridgehead atoms. The Labute approximate surface area is 95.4 Å². The van der Waals surface area contributed by atoms with E-state index in [1.165, 1.54) is 0 Å². The first-order valence-electron chi connectivity index (χ1n) is 4.87. The Kier molecular flexibility index (Phi) is 3.99. The van der Waals surface area contributed by atoms with Crippen LogP contribution in [0, 0.1) is 24.2 Å². The van der Waals surface area contributed by atoms with Crippen LogP contribution in [-0.4, -0.2) is 6.61 Å². The summed E-state index contributed by atoms with van der Waals surface area (Å²) in [5, 5.41) is 9.51. The van der Waals surface area contributed by atoms with E-state index in [1.54, 1.807) is 12.1 Å². The van der Waals surface area contributed by atoms with Crippen LogP contribution in [0.3, 0.4) is 0 Å². The molecule has 0 saturated carbocycles. The van der Waals surface area contributed by atoms with Gasteiger partial charge in [-0.3, -0.25) is 0 Å². The highest BCUT2D eigenvalue weighted by Gasteiger charge is 2.09. The van der Waals surface area contributed by atoms with E-state index in [0.29, 0.717) is 28.9 Å². The molecule has 0 aliphatic carbocycles. The molecule has 1 aromatic carbocycles. The van der Waals surface area contributed by atoms with E-state index >= 15 is 0 Å². The Morgan fingerprint density at radius 1 is 1.47 bits per heavy atom. The van der Waals surface area contributed by atoms with Gasteiger partial charge in [0.2, 0.25) is 0 Å². The third-order valence-electron chi connectivity index (χ3n) is 1.92. The number of halogens is 1. The molecule has 0 amide bonds. The first-order chi connectivity index (χ1) is 7.04. The summed E-state index contributed by atoms with van der Waals surface area (Å²) in [6.07, 6.45) is 0. The van der Waals surface area contributed by atoms with Crippen molar-refractivity contribution in [2.45, 2.75) is 20.8 Å². The van der Waals surface area contributed by atoms with Gasteiger partial charge in [0.25, 0.3) is 0 Å². The van der Waals surface area contributed by atoms with Crippen molar-refractivity contribution in [3.8, 4) is 11.8 Å². The highest BCUT2D eigenvalue weighted by atomic mass is 35.5. The Hall–Kier alpha value is -1.20. The molecule has 1 aromatic rings. The number of nitrogens with zero attached hydrogens (tertiary/aromatic N) is 1. The second-order valence-corrected chi connectivity index (χ2v) is 4.35. The van der Waals surface area contributed by atoms with Gasteiger partial charge in [-0.15, -0.1) is 0 Å². The average molecular weight is 224 g/mol. The van der Waals surface area contributed by atoms with Gasteiger partial charge in [0.05, 0.1) is 12.2 Å². The summed E-state index contributed by atoms with van der Waals surface area (Å²) < 4.78 is 5.59. The fraction of sp³-hybridized carbons (Fsp3) is 0.417. The van der Waals surface area contributed by atoms with Crippen LogP contribution in [0.2, 0.25) is 5.02 Å². The molecule has 0 N–H and O–H groups in total. The summed E-state index contributed by atoms with van der Waals surface area (Å²) in [5.41, 5.74) is 1.40. The fourth-order valence-corrected chi connectivity index (χ4v) is 1.53. The molecule has 0 aromatic heterocycles. The van der Waals surface area contributed by atoms with Crippen LogP contribution >= 0.6 is 11.6 Å². The van der Waals surface area contributed by atoms with Crippen LogP contribution in [0.1, 0.15) is 25.0 Å². The van der Waals surface area contributed by atoms with Crippen LogP contribution in [0.25, 0.3) is 0 Å². The van der Waals surface area contributed by atoms with Crippen molar-refractivity contribution >= 4 is 11.6 Å². The van der Waals surface area contributed by atoms with Crippen LogP contribution in [0.4, 0.5) is 0 Å². The summed E-state index contributed by atoms with van der Waals surface area (Å²) in [4.78, 5) is 0. The zero-order chi connectivity index (χ0) is 11.4. The molecule has 0 radical (unpaired) electrons. The lowest BCUT2D eigenvalue weighted by atomic mass is 10.1. The van der Waals surface area contributed by atoms with E-state index in [9.17, 15) is 0 Å². The molecule has 3 heteroatoms. The van der Waals surface area contributed by atoms with Crippen molar-refractivity contribution in [3.63, 3.8) is 0 Å². The number of benzene rings is 1. The molecule has 0 fully saturated rings. The lowest BCUT2D eigenvalue weighted by Gasteiger charge is -2.12. The Balaban J connectivity index is 3.00. The molecular weight excluding hydrogens is 210 g/mol. The first kappa shape index (κ1) is 11.9. The monoisotopic (exact) mass is 223 g/mol. The second kappa shape index (κ2) is 5.04. The first-order valence-corrected chi connectivity index (χ1v) is 5.25. The van der Waals surface area contributed by atoms with E-state index in [4.69, 9.17) is 21.6 Å². The zero-order valence-electron chi connectivity index (χ0n) is 9.17. The predicted octanol–water partition coefficient (Wildman–Crippen LogP) is 3.55. The molecule has 0 unspecified atom stereocenters. The van der Waals surface area contributed by atoms with Gasteiger partial charge in [0.1, 0.15) is 11.8 Å². The molecule has 0 heterocycles. The standard InChI is InChI=1S/C12H14ClNO/c1-8(2)7-15-12-9(3)4-11(13)5-10(12)6-14/h4-5,8H,7H2,1-3H3. The third-order valence-corrected chi connectivity index (χ3v) is 2.14. The van der Waals surface area contributed by atoms with Gasteiger partial charge in [-0.1, -0.05) is 25.4 Å². The Morgan fingerprint density at radius 3 is 2.67 bits per heavy atom. The van der Waals surface area contributed by atoms with E-state index in [0.717, 1.165) is 5.56 Å². The van der Waals surface area contributed by atoms with Crippen molar-refractivity contribution < 1.29 is 4.74 Å². The van der Waals surface area contributed by atoms with Gasteiger partial charge in [0.15, 0.2) is 0 Å². The normalized spacial score (nSPS) is 10.1. The minimum absolute atomic E-state index is 0.437. The molecule has 0 saturated heterocycles. The van der Waals surface area contributed by atoms with Crippen molar-refractivity contribution in [1.82, 2.24) is 0 Å². The van der Waals surface area contributed by atoms with Crippen LogP contribution in [0.5, 0.6) is 5.75 Å². The number of ether oxygens (including phenoxy) is 1. The SMILES string of the molecule is Cc1cc(Cl)cc(C#N)c1OCC(C)C. The van der Waals surface area contributed by atoms with Gasteiger partial charge in [0, 0.05) is 5.02 Å². The summed E-state index contributed by atoms with van der Waals surface area (Å²) >= 11 is 5.86. The lowest BCUT2D eigenvalue weighted by Crippen LogP contribution is -2.06. The smallest absolute Gasteiger partial charge is 0.140 e. The second-order valence-electron chi connectivity index (χ2n) is 3.92. The lowest BCUT2D eigenvalue weighted by molar-refractivity contribution is 0.269. The number of aryl methyl sites for hydroxylation is 1. The summed E-state index contributed by atoms with van der Waals surface area (Å²) in [7, 11) is 0. The quantitative estimate of drug-likeness (QED) is 0.785. The van der Waals surface area contributed by atoms with Gasteiger partial charge in [-0.2, -0.15) is 5.26 Å². The molecule has 0 spiro atoms. The van der Waals surface area contributed by atoms with Crippen LogP contribution in [-0.2, 0) is 0 Å². The fourth-order valence-electron chi connectivity index (χ4n) is 1.25. The van der Waals surface area contributed by atoms with E-state index < -0.39 is 0 Å². The van der Waals surface area contributed by atoms with Gasteiger partial charge in [-0.05, 0) is 30.5 Å². The molecule has 2 nitrogen and oxygen atoms in total. The van der Waals surface area contributed by atoms with Gasteiger partial charge in [-0.25, -0.2) is 0 Å². The van der Waals surface area contributed by atoms with Crippen LogP contribution < -0.4 is 4.74 Å². The highest BCUT2D eigenvalue weighted by Crippen LogP contribution is 2.27. The topological polar surface area (TPSA) is 33.0 Å². The highest BCUT2D eigenvalue weighted by molar-refractivity contribution is 6.30. The number of rotatable bonds is 3. The van der Waals surface area contributed by atoms with E-state index in [2.05, 4.69) is 19.9 Å². The summed E-state index contributed by atoms with van der Waals surface area (Å²) in [6.45, 7) is 6.63. The number of hydrogen-bond donors (Lipinski definition) is 0. The molecule has 15 heavy (non-hydrogen) atoms. The molecule has 80 valence electrons. The maximum Gasteiger partial charge on any atom is 0.140 e. The van der Waals surface area contributed by atoms with Crippen molar-refractivity contribution in [2.24, 2.45) is 5.92 Å².